The van der Waals surface area contributed by atoms with Crippen LogP contribution >= 0.6 is 34.7 Å². The zero-order chi connectivity index (χ0) is 16.9. The fraction of sp³-hybridized carbons (Fsp3) is 0.312. The van der Waals surface area contributed by atoms with Crippen LogP contribution in [-0.4, -0.2) is 21.7 Å². The van der Waals surface area contributed by atoms with Crippen molar-refractivity contribution in [2.45, 2.75) is 23.9 Å². The van der Waals surface area contributed by atoms with Crippen molar-refractivity contribution < 1.29 is 4.42 Å². The first-order valence-electron chi connectivity index (χ1n) is 7.51. The van der Waals surface area contributed by atoms with Gasteiger partial charge in [0, 0.05) is 17.1 Å². The number of thioether (sulfide) groups is 1. The van der Waals surface area contributed by atoms with E-state index in [2.05, 4.69) is 34.3 Å². The van der Waals surface area contributed by atoms with Crippen molar-refractivity contribution in [3.8, 4) is 11.3 Å². The van der Waals surface area contributed by atoms with Crippen LogP contribution in [0.15, 0.2) is 39.2 Å². The van der Waals surface area contributed by atoms with Gasteiger partial charge < -0.3 is 9.73 Å². The van der Waals surface area contributed by atoms with Gasteiger partial charge in [-0.2, -0.15) is 0 Å². The molecule has 2 aromatic heterocycles. The molecule has 0 bridgehead atoms. The molecule has 0 atom stereocenters. The number of hydrogen-bond acceptors (Lipinski definition) is 7. The molecule has 3 aromatic rings. The number of benzene rings is 1. The van der Waals surface area contributed by atoms with E-state index in [-0.39, 0.29) is 0 Å². The first kappa shape index (κ1) is 17.3. The Morgan fingerprint density at radius 1 is 1.25 bits per heavy atom. The van der Waals surface area contributed by atoms with Crippen molar-refractivity contribution in [2.24, 2.45) is 5.92 Å². The average molecular weight is 381 g/mol. The first-order chi connectivity index (χ1) is 11.6. The van der Waals surface area contributed by atoms with Gasteiger partial charge in [-0.1, -0.05) is 48.5 Å². The van der Waals surface area contributed by atoms with Gasteiger partial charge in [0.15, 0.2) is 10.1 Å². The third-order valence-electron chi connectivity index (χ3n) is 3.07. The lowest BCUT2D eigenvalue weighted by atomic mass is 10.2. The molecule has 5 nitrogen and oxygen atoms in total. The number of aromatic nitrogens is 3. The van der Waals surface area contributed by atoms with Gasteiger partial charge in [0.25, 0.3) is 0 Å². The van der Waals surface area contributed by atoms with Gasteiger partial charge in [-0.05, 0) is 30.2 Å². The lowest BCUT2D eigenvalue weighted by Gasteiger charge is -2.03. The Balaban J connectivity index is 1.56. The Morgan fingerprint density at radius 3 is 2.79 bits per heavy atom. The summed E-state index contributed by atoms with van der Waals surface area (Å²) in [5.41, 5.74) is 0.958. The van der Waals surface area contributed by atoms with Gasteiger partial charge in [-0.25, -0.2) is 4.98 Å². The molecule has 0 unspecified atom stereocenters. The van der Waals surface area contributed by atoms with E-state index in [4.69, 9.17) is 16.0 Å². The summed E-state index contributed by atoms with van der Waals surface area (Å²) in [6.07, 6.45) is 1.73. The minimum absolute atomic E-state index is 0.573. The van der Waals surface area contributed by atoms with Crippen LogP contribution in [0.25, 0.3) is 11.3 Å². The topological polar surface area (TPSA) is 63.8 Å². The molecular weight excluding hydrogens is 364 g/mol. The lowest BCUT2D eigenvalue weighted by molar-refractivity contribution is 0.530. The third kappa shape index (κ3) is 4.72. The van der Waals surface area contributed by atoms with E-state index in [0.29, 0.717) is 22.6 Å². The second kappa shape index (κ2) is 8.00. The van der Waals surface area contributed by atoms with Crippen LogP contribution in [0.1, 0.15) is 19.7 Å². The van der Waals surface area contributed by atoms with Gasteiger partial charge in [-0.3, -0.25) is 0 Å². The van der Waals surface area contributed by atoms with Crippen molar-refractivity contribution in [3.63, 3.8) is 0 Å². The molecule has 0 spiro atoms. The van der Waals surface area contributed by atoms with E-state index >= 15 is 0 Å². The summed E-state index contributed by atoms with van der Waals surface area (Å²) in [6, 6.07) is 7.50. The van der Waals surface area contributed by atoms with Gasteiger partial charge in [-0.15, -0.1) is 10.2 Å². The summed E-state index contributed by atoms with van der Waals surface area (Å²) in [7, 11) is 0. The van der Waals surface area contributed by atoms with Crippen molar-refractivity contribution in [1.29, 1.82) is 0 Å². The Labute approximate surface area is 153 Å². The fourth-order valence-electron chi connectivity index (χ4n) is 1.88. The summed E-state index contributed by atoms with van der Waals surface area (Å²) in [5.74, 6) is 2.59. The smallest absolute Gasteiger partial charge is 0.206 e. The molecule has 8 heteroatoms. The van der Waals surface area contributed by atoms with Gasteiger partial charge in [0.1, 0.15) is 0 Å². The Hall–Kier alpha value is -1.57. The number of nitrogens with one attached hydrogen (secondary N) is 1. The summed E-state index contributed by atoms with van der Waals surface area (Å²) >= 11 is 9.01. The quantitative estimate of drug-likeness (QED) is 0.568. The minimum atomic E-state index is 0.573. The number of hydrogen-bond donors (Lipinski definition) is 1. The standard InChI is InChI=1S/C16H17ClN4OS2/c1-10(2)7-19-15-20-21-16(24-15)23-9-14-18-8-13(22-14)11-3-5-12(17)6-4-11/h3-6,8,10H,7,9H2,1-2H3,(H,19,20). The molecule has 0 aliphatic rings. The summed E-state index contributed by atoms with van der Waals surface area (Å²) < 4.78 is 6.68. The van der Waals surface area contributed by atoms with Crippen LogP contribution < -0.4 is 5.32 Å². The summed E-state index contributed by atoms with van der Waals surface area (Å²) in [6.45, 7) is 5.21. The molecule has 1 aromatic carbocycles. The average Bonchev–Trinajstić information content (AvgIpc) is 3.21. The van der Waals surface area contributed by atoms with Gasteiger partial charge in [0.2, 0.25) is 11.0 Å². The number of anilines is 1. The van der Waals surface area contributed by atoms with Crippen LogP contribution in [0.3, 0.4) is 0 Å². The summed E-state index contributed by atoms with van der Waals surface area (Å²) in [5, 5.41) is 13.1. The van der Waals surface area contributed by atoms with E-state index in [1.54, 1.807) is 29.3 Å². The highest BCUT2D eigenvalue weighted by Gasteiger charge is 2.10. The van der Waals surface area contributed by atoms with Crippen LogP contribution in [-0.2, 0) is 5.75 Å². The minimum Gasteiger partial charge on any atom is -0.440 e. The molecule has 0 saturated carbocycles. The Kier molecular flexibility index (Phi) is 5.76. The molecule has 0 radical (unpaired) electrons. The fourth-order valence-corrected chi connectivity index (χ4v) is 3.62. The van der Waals surface area contributed by atoms with E-state index in [0.717, 1.165) is 27.3 Å². The third-order valence-corrected chi connectivity index (χ3v) is 5.32. The maximum atomic E-state index is 5.90. The van der Waals surface area contributed by atoms with Crippen LogP contribution in [0.2, 0.25) is 5.02 Å². The zero-order valence-electron chi connectivity index (χ0n) is 13.3. The highest BCUT2D eigenvalue weighted by Crippen LogP contribution is 2.29. The highest BCUT2D eigenvalue weighted by molar-refractivity contribution is 8.00. The molecule has 0 aliphatic heterocycles. The molecule has 0 amide bonds. The predicted octanol–water partition coefficient (Wildman–Crippen LogP) is 5.21. The van der Waals surface area contributed by atoms with E-state index in [1.165, 1.54) is 0 Å². The molecule has 0 aliphatic carbocycles. The van der Waals surface area contributed by atoms with E-state index in [1.807, 2.05) is 24.3 Å². The number of rotatable bonds is 7. The van der Waals surface area contributed by atoms with Crippen molar-refractivity contribution >= 4 is 39.8 Å². The maximum absolute atomic E-state index is 5.90. The van der Waals surface area contributed by atoms with Gasteiger partial charge in [0.05, 0.1) is 11.9 Å². The Bertz CT molecular complexity index is 785. The molecule has 1 N–H and O–H groups in total. The van der Waals surface area contributed by atoms with Crippen molar-refractivity contribution in [2.75, 3.05) is 11.9 Å². The second-order valence-corrected chi connectivity index (χ2v) is 8.20. The van der Waals surface area contributed by atoms with Crippen molar-refractivity contribution in [1.82, 2.24) is 15.2 Å². The molecule has 126 valence electrons. The van der Waals surface area contributed by atoms with Crippen LogP contribution in [0.4, 0.5) is 5.13 Å². The number of nitrogens with zero attached hydrogens (tertiary/aromatic N) is 3. The van der Waals surface area contributed by atoms with Gasteiger partial charge >= 0.3 is 0 Å². The largest absolute Gasteiger partial charge is 0.440 e. The molecule has 3 rings (SSSR count). The predicted molar refractivity (Wildman–Crippen MR) is 99.7 cm³/mol. The molecule has 0 saturated heterocycles. The maximum Gasteiger partial charge on any atom is 0.206 e. The van der Waals surface area contributed by atoms with Crippen LogP contribution in [0, 0.1) is 5.92 Å². The lowest BCUT2D eigenvalue weighted by Crippen LogP contribution is -2.07. The van der Waals surface area contributed by atoms with Crippen LogP contribution in [0.5, 0.6) is 0 Å². The molecular formula is C16H17ClN4OS2. The second-order valence-electron chi connectivity index (χ2n) is 5.56. The first-order valence-corrected chi connectivity index (χ1v) is 9.69. The van der Waals surface area contributed by atoms with Crippen molar-refractivity contribution in [3.05, 3.63) is 41.4 Å². The normalized spacial score (nSPS) is 11.2. The Morgan fingerprint density at radius 2 is 2.04 bits per heavy atom. The zero-order valence-corrected chi connectivity index (χ0v) is 15.7. The molecule has 24 heavy (non-hydrogen) atoms. The van der Waals surface area contributed by atoms with E-state index < -0.39 is 0 Å². The highest BCUT2D eigenvalue weighted by atomic mass is 35.5. The molecule has 2 heterocycles. The number of halogens is 1. The van der Waals surface area contributed by atoms with E-state index in [9.17, 15) is 0 Å². The SMILES string of the molecule is CC(C)CNc1nnc(SCc2ncc(-c3ccc(Cl)cc3)o2)s1. The summed E-state index contributed by atoms with van der Waals surface area (Å²) in [4.78, 5) is 4.32. The molecule has 0 fully saturated rings. The monoisotopic (exact) mass is 380 g/mol. The number of oxazole rings is 1.